The van der Waals surface area contributed by atoms with Crippen molar-refractivity contribution < 1.29 is 4.42 Å². The van der Waals surface area contributed by atoms with Crippen LogP contribution < -0.4 is 20.7 Å². The van der Waals surface area contributed by atoms with Crippen LogP contribution in [0, 0.1) is 0 Å². The second kappa shape index (κ2) is 14.5. The van der Waals surface area contributed by atoms with Gasteiger partial charge in [-0.15, -0.1) is 0 Å². The van der Waals surface area contributed by atoms with E-state index < -0.39 is 8.07 Å². The van der Waals surface area contributed by atoms with Crippen molar-refractivity contribution >= 4 is 94.4 Å². The summed E-state index contributed by atoms with van der Waals surface area (Å²) in [4.78, 5) is 0. The van der Waals surface area contributed by atoms with Gasteiger partial charge in [0.15, 0.2) is 8.07 Å². The molecule has 0 aliphatic heterocycles. The molecule has 0 amide bonds. The molecule has 0 fully saturated rings. The minimum atomic E-state index is -2.68. The number of para-hydroxylation sites is 3. The first-order valence-corrected chi connectivity index (χ1v) is 24.0. The molecule has 3 aromatic heterocycles. The SMILES string of the molecule is c1ccc([Si](c2ccccc2)(c2ccccc2)c2ccc(-n3c4ccccc4c4c(-n5c6ccccc6c6ccc(-c7ccc8oc9ccccc9c8c7)cc65)cccc43)cc2)cc1. The number of fused-ring (bicyclic) bond motifs is 9. The van der Waals surface area contributed by atoms with Crippen LogP contribution in [0.3, 0.4) is 0 Å². The smallest absolute Gasteiger partial charge is 0.179 e. The van der Waals surface area contributed by atoms with Gasteiger partial charge in [0.05, 0.1) is 27.8 Å². The highest BCUT2D eigenvalue weighted by Gasteiger charge is 2.41. The number of benzene rings is 10. The van der Waals surface area contributed by atoms with Crippen LogP contribution in [0.15, 0.2) is 247 Å². The first kappa shape index (κ1) is 36.5. The third kappa shape index (κ3) is 5.39. The molecule has 0 saturated carbocycles. The molecule has 300 valence electrons. The van der Waals surface area contributed by atoms with Gasteiger partial charge in [0.2, 0.25) is 0 Å². The molecule has 3 heterocycles. The van der Waals surface area contributed by atoms with Gasteiger partial charge >= 0.3 is 0 Å². The topological polar surface area (TPSA) is 23.0 Å². The van der Waals surface area contributed by atoms with Crippen LogP contribution in [-0.2, 0) is 0 Å². The van der Waals surface area contributed by atoms with Crippen molar-refractivity contribution in [2.24, 2.45) is 0 Å². The van der Waals surface area contributed by atoms with Gasteiger partial charge in [0, 0.05) is 38.0 Å². The standard InChI is InChI=1S/C60H40N2OSi/c1-4-17-44(18-5-1)64(45-19-6-2-7-20-45,46-21-8-3-9-22-46)47-35-33-43(34-36-47)61-54-27-14-11-25-51(54)60-55(61)28-16-29-56(60)62-53-26-13-10-23-48(53)49-37-31-42(40-57(49)62)41-32-38-59-52(39-41)50-24-12-15-30-58(50)63-59/h1-40H. The fraction of sp³-hybridized carbons (Fsp3) is 0. The fourth-order valence-corrected chi connectivity index (χ4v) is 15.4. The van der Waals surface area contributed by atoms with Gasteiger partial charge in [0.1, 0.15) is 11.2 Å². The van der Waals surface area contributed by atoms with Crippen molar-refractivity contribution in [3.8, 4) is 22.5 Å². The molecule has 10 aromatic carbocycles. The summed E-state index contributed by atoms with van der Waals surface area (Å²) in [5.41, 5.74) is 11.1. The average molecular weight is 833 g/mol. The zero-order valence-electron chi connectivity index (χ0n) is 34.9. The van der Waals surface area contributed by atoms with Crippen LogP contribution in [-0.4, -0.2) is 17.2 Å². The van der Waals surface area contributed by atoms with E-state index in [1.165, 1.54) is 69.9 Å². The summed E-state index contributed by atoms with van der Waals surface area (Å²) >= 11 is 0. The molecule has 0 spiro atoms. The monoisotopic (exact) mass is 832 g/mol. The third-order valence-electron chi connectivity index (χ3n) is 13.5. The Morgan fingerprint density at radius 3 is 1.48 bits per heavy atom. The summed E-state index contributed by atoms with van der Waals surface area (Å²) in [6.07, 6.45) is 0. The average Bonchev–Trinajstić information content (AvgIpc) is 4.03. The van der Waals surface area contributed by atoms with Crippen molar-refractivity contribution in [2.45, 2.75) is 0 Å². The Bertz CT molecular complexity index is 3790. The summed E-state index contributed by atoms with van der Waals surface area (Å²) in [5.74, 6) is 0. The number of aromatic nitrogens is 2. The predicted molar refractivity (Wildman–Crippen MR) is 271 cm³/mol. The van der Waals surface area contributed by atoms with Crippen molar-refractivity contribution in [1.82, 2.24) is 9.13 Å². The second-order valence-electron chi connectivity index (χ2n) is 16.8. The predicted octanol–water partition coefficient (Wildman–Crippen LogP) is 12.8. The Kier molecular flexibility index (Phi) is 8.23. The highest BCUT2D eigenvalue weighted by Crippen LogP contribution is 2.41. The molecule has 0 radical (unpaired) electrons. The highest BCUT2D eigenvalue weighted by molar-refractivity contribution is 7.19. The number of hydrogen-bond donors (Lipinski definition) is 0. The zero-order chi connectivity index (χ0) is 42.2. The van der Waals surface area contributed by atoms with E-state index in [-0.39, 0.29) is 0 Å². The first-order valence-electron chi connectivity index (χ1n) is 22.0. The van der Waals surface area contributed by atoms with E-state index in [1.54, 1.807) is 0 Å². The van der Waals surface area contributed by atoms with E-state index in [0.29, 0.717) is 0 Å². The Hall–Kier alpha value is -8.18. The lowest BCUT2D eigenvalue weighted by Gasteiger charge is -2.34. The largest absolute Gasteiger partial charge is 0.456 e. The number of nitrogens with zero attached hydrogens (tertiary/aromatic N) is 2. The number of furan rings is 1. The Morgan fingerprint density at radius 2 is 0.797 bits per heavy atom. The molecule has 0 aliphatic carbocycles. The molecule has 0 aliphatic rings. The van der Waals surface area contributed by atoms with Gasteiger partial charge in [-0.05, 0) is 92.5 Å². The van der Waals surface area contributed by atoms with Crippen molar-refractivity contribution in [2.75, 3.05) is 0 Å². The van der Waals surface area contributed by atoms with Gasteiger partial charge in [-0.3, -0.25) is 0 Å². The highest BCUT2D eigenvalue weighted by atomic mass is 28.3. The third-order valence-corrected chi connectivity index (χ3v) is 18.3. The zero-order valence-corrected chi connectivity index (χ0v) is 35.9. The van der Waals surface area contributed by atoms with Crippen molar-refractivity contribution in [3.05, 3.63) is 243 Å². The van der Waals surface area contributed by atoms with Gasteiger partial charge < -0.3 is 13.6 Å². The molecule has 0 unspecified atom stereocenters. The fourth-order valence-electron chi connectivity index (χ4n) is 10.7. The molecule has 13 aromatic rings. The minimum absolute atomic E-state index is 0.905. The van der Waals surface area contributed by atoms with E-state index in [0.717, 1.165) is 38.9 Å². The van der Waals surface area contributed by atoms with E-state index in [1.807, 2.05) is 12.1 Å². The van der Waals surface area contributed by atoms with Crippen molar-refractivity contribution in [1.29, 1.82) is 0 Å². The summed E-state index contributed by atoms with van der Waals surface area (Å²) in [7, 11) is -2.68. The summed E-state index contributed by atoms with van der Waals surface area (Å²) in [6.45, 7) is 0. The van der Waals surface area contributed by atoms with Gasteiger partial charge in [0.25, 0.3) is 0 Å². The summed E-state index contributed by atoms with van der Waals surface area (Å²) < 4.78 is 11.2. The Balaban J connectivity index is 1.01. The molecule has 0 bridgehead atoms. The van der Waals surface area contributed by atoms with Crippen molar-refractivity contribution in [3.63, 3.8) is 0 Å². The first-order chi connectivity index (χ1) is 31.8. The van der Waals surface area contributed by atoms with E-state index in [2.05, 4.69) is 240 Å². The van der Waals surface area contributed by atoms with Gasteiger partial charge in [-0.2, -0.15) is 0 Å². The summed E-state index contributed by atoms with van der Waals surface area (Å²) in [5, 5.41) is 12.6. The maximum absolute atomic E-state index is 6.21. The summed E-state index contributed by atoms with van der Waals surface area (Å²) in [6, 6.07) is 89.3. The maximum atomic E-state index is 6.21. The molecule has 0 saturated heterocycles. The molecular weight excluding hydrogens is 793 g/mol. The van der Waals surface area contributed by atoms with E-state index in [4.69, 9.17) is 4.42 Å². The number of rotatable bonds is 7. The lowest BCUT2D eigenvalue weighted by Crippen LogP contribution is -2.74. The van der Waals surface area contributed by atoms with Crippen LogP contribution in [0.25, 0.3) is 88.1 Å². The molecule has 3 nitrogen and oxygen atoms in total. The van der Waals surface area contributed by atoms with E-state index >= 15 is 0 Å². The van der Waals surface area contributed by atoms with Crippen LogP contribution in [0.2, 0.25) is 0 Å². The molecule has 64 heavy (non-hydrogen) atoms. The molecular formula is C60H40N2OSi. The molecule has 13 rings (SSSR count). The van der Waals surface area contributed by atoms with Gasteiger partial charge in [-0.1, -0.05) is 182 Å². The second-order valence-corrected chi connectivity index (χ2v) is 20.6. The van der Waals surface area contributed by atoms with Crippen LogP contribution in [0.5, 0.6) is 0 Å². The number of hydrogen-bond acceptors (Lipinski definition) is 1. The normalized spacial score (nSPS) is 12.1. The van der Waals surface area contributed by atoms with Crippen LogP contribution >= 0.6 is 0 Å². The lowest BCUT2D eigenvalue weighted by atomic mass is 10.0. The quantitative estimate of drug-likeness (QED) is 0.116. The van der Waals surface area contributed by atoms with Gasteiger partial charge in [-0.25, -0.2) is 0 Å². The van der Waals surface area contributed by atoms with Crippen LogP contribution in [0.4, 0.5) is 0 Å². The Morgan fingerprint density at radius 1 is 0.297 bits per heavy atom. The molecule has 0 atom stereocenters. The van der Waals surface area contributed by atoms with Crippen LogP contribution in [0.1, 0.15) is 0 Å². The molecule has 0 N–H and O–H groups in total. The maximum Gasteiger partial charge on any atom is 0.179 e. The lowest BCUT2D eigenvalue weighted by molar-refractivity contribution is 0.669. The van der Waals surface area contributed by atoms with E-state index in [9.17, 15) is 0 Å². The minimum Gasteiger partial charge on any atom is -0.456 e. The molecule has 4 heteroatoms. The Labute approximate surface area is 371 Å².